The predicted octanol–water partition coefficient (Wildman–Crippen LogP) is 1.87. The van der Waals surface area contributed by atoms with Gasteiger partial charge in [-0.1, -0.05) is 11.3 Å². The number of alkyl halides is 3. The lowest BCUT2D eigenvalue weighted by Crippen LogP contribution is -2.17. The van der Waals surface area contributed by atoms with Gasteiger partial charge >= 0.3 is 12.1 Å². The number of rotatable bonds is 5. The topological polar surface area (TPSA) is 103 Å². The van der Waals surface area contributed by atoms with Crippen LogP contribution in [0.1, 0.15) is 22.3 Å². The van der Waals surface area contributed by atoms with Crippen molar-refractivity contribution in [1.29, 1.82) is 0 Å². The van der Waals surface area contributed by atoms with Crippen LogP contribution >= 0.6 is 11.3 Å². The smallest absolute Gasteiger partial charge is 0.428 e. The molecular formula is C11H11F3N4O4S2. The molecule has 0 aliphatic heterocycles. The van der Waals surface area contributed by atoms with Crippen molar-refractivity contribution in [3.05, 3.63) is 22.8 Å². The molecule has 0 aliphatic rings. The van der Waals surface area contributed by atoms with E-state index in [1.807, 2.05) is 4.72 Å². The largest absolute Gasteiger partial charge is 0.461 e. The van der Waals surface area contributed by atoms with E-state index in [0.717, 1.165) is 10.7 Å². The fraction of sp³-hybridized carbons (Fsp3) is 0.364. The minimum atomic E-state index is -4.88. The third-order valence-electron chi connectivity index (χ3n) is 2.63. The van der Waals surface area contributed by atoms with Crippen LogP contribution in [0.5, 0.6) is 0 Å². The quantitative estimate of drug-likeness (QED) is 0.790. The number of aromatic nitrogens is 3. The predicted molar refractivity (Wildman–Crippen MR) is 77.1 cm³/mol. The molecule has 13 heteroatoms. The lowest BCUT2D eigenvalue weighted by Gasteiger charge is -2.05. The standard InChI is InChI=1S/C11H11F3N4O4S2/c1-3-22-9(19)7-8(11(12,13)14)23-10(16-7)17-24(20,21)6-4-5-15-18(6)2/h4-5H,3H2,1-2H3,(H,16,17). The fourth-order valence-corrected chi connectivity index (χ4v) is 3.87. The minimum Gasteiger partial charge on any atom is -0.461 e. The van der Waals surface area contributed by atoms with Crippen molar-refractivity contribution in [1.82, 2.24) is 14.8 Å². The fourth-order valence-electron chi connectivity index (χ4n) is 1.69. The molecule has 132 valence electrons. The number of ether oxygens (including phenoxy) is 1. The molecule has 2 rings (SSSR count). The van der Waals surface area contributed by atoms with Gasteiger partial charge in [0.15, 0.2) is 15.9 Å². The Balaban J connectivity index is 2.42. The first-order valence-electron chi connectivity index (χ1n) is 6.32. The Morgan fingerprint density at radius 2 is 2.12 bits per heavy atom. The number of halogens is 3. The zero-order valence-corrected chi connectivity index (χ0v) is 13.9. The summed E-state index contributed by atoms with van der Waals surface area (Å²) in [6.45, 7) is 1.27. The highest BCUT2D eigenvalue weighted by Crippen LogP contribution is 2.39. The molecular weight excluding hydrogens is 373 g/mol. The molecule has 0 saturated heterocycles. The van der Waals surface area contributed by atoms with Gasteiger partial charge in [0.05, 0.1) is 12.8 Å². The SMILES string of the molecule is CCOC(=O)c1nc(NS(=O)(=O)c2ccnn2C)sc1C(F)(F)F. The van der Waals surface area contributed by atoms with E-state index in [4.69, 9.17) is 0 Å². The Morgan fingerprint density at radius 1 is 1.46 bits per heavy atom. The van der Waals surface area contributed by atoms with Crippen molar-refractivity contribution in [2.24, 2.45) is 7.05 Å². The van der Waals surface area contributed by atoms with E-state index in [0.29, 0.717) is 0 Å². The molecule has 2 aromatic rings. The summed E-state index contributed by atoms with van der Waals surface area (Å²) in [6, 6.07) is 1.16. The van der Waals surface area contributed by atoms with Crippen LogP contribution in [0.2, 0.25) is 0 Å². The number of sulfonamides is 1. The van der Waals surface area contributed by atoms with E-state index in [9.17, 15) is 26.4 Å². The minimum absolute atomic E-state index is 0.00626. The van der Waals surface area contributed by atoms with Crippen LogP contribution in [0.25, 0.3) is 0 Å². The maximum Gasteiger partial charge on any atom is 0.428 e. The zero-order chi connectivity index (χ0) is 18.1. The molecule has 0 radical (unpaired) electrons. The maximum absolute atomic E-state index is 13.0. The molecule has 0 saturated carbocycles. The van der Waals surface area contributed by atoms with Crippen molar-refractivity contribution in [2.75, 3.05) is 11.3 Å². The van der Waals surface area contributed by atoms with Gasteiger partial charge in [-0.2, -0.15) is 26.7 Å². The Kier molecular flexibility index (Phi) is 4.85. The van der Waals surface area contributed by atoms with Crippen LogP contribution in [-0.2, 0) is 28.0 Å². The first kappa shape index (κ1) is 18.2. The summed E-state index contributed by atoms with van der Waals surface area (Å²) in [6.07, 6.45) is -3.67. The van der Waals surface area contributed by atoms with E-state index in [-0.39, 0.29) is 23.0 Å². The highest BCUT2D eigenvalue weighted by atomic mass is 32.2. The molecule has 0 spiro atoms. The van der Waals surface area contributed by atoms with E-state index < -0.39 is 37.9 Å². The Hall–Kier alpha value is -2.15. The average Bonchev–Trinajstić information content (AvgIpc) is 3.04. The molecule has 8 nitrogen and oxygen atoms in total. The number of nitrogens with zero attached hydrogens (tertiary/aromatic N) is 3. The molecule has 0 amide bonds. The second-order valence-corrected chi connectivity index (χ2v) is 6.94. The van der Waals surface area contributed by atoms with Crippen LogP contribution in [0.4, 0.5) is 18.3 Å². The molecule has 24 heavy (non-hydrogen) atoms. The summed E-state index contributed by atoms with van der Waals surface area (Å²) in [5.74, 6) is -1.29. The van der Waals surface area contributed by atoms with Gasteiger partial charge in [0.25, 0.3) is 10.0 Å². The van der Waals surface area contributed by atoms with Gasteiger partial charge in [0.1, 0.15) is 4.88 Å². The van der Waals surface area contributed by atoms with Crippen LogP contribution < -0.4 is 4.72 Å². The van der Waals surface area contributed by atoms with Crippen LogP contribution in [0, 0.1) is 0 Å². The number of hydrogen-bond donors (Lipinski definition) is 1. The number of carbonyl (C=O) groups is 1. The van der Waals surface area contributed by atoms with E-state index in [1.54, 1.807) is 0 Å². The molecule has 0 fully saturated rings. The van der Waals surface area contributed by atoms with E-state index >= 15 is 0 Å². The zero-order valence-electron chi connectivity index (χ0n) is 12.3. The van der Waals surface area contributed by atoms with Crippen LogP contribution in [0.3, 0.4) is 0 Å². The average molecular weight is 384 g/mol. The van der Waals surface area contributed by atoms with E-state index in [2.05, 4.69) is 14.8 Å². The highest BCUT2D eigenvalue weighted by molar-refractivity contribution is 7.92. The number of anilines is 1. The van der Waals surface area contributed by atoms with Crippen LogP contribution in [-0.4, -0.2) is 35.8 Å². The second-order valence-electron chi connectivity index (χ2n) is 4.31. The number of nitrogens with one attached hydrogen (secondary N) is 1. The summed E-state index contributed by atoms with van der Waals surface area (Å²) in [7, 11) is -2.86. The Labute approximate surface area is 138 Å². The summed E-state index contributed by atoms with van der Waals surface area (Å²) in [5.41, 5.74) is -0.989. The van der Waals surface area contributed by atoms with Gasteiger partial charge in [-0.15, -0.1) is 0 Å². The lowest BCUT2D eigenvalue weighted by molar-refractivity contribution is -0.135. The van der Waals surface area contributed by atoms with Crippen LogP contribution in [0.15, 0.2) is 17.3 Å². The number of esters is 1. The molecule has 0 aromatic carbocycles. The summed E-state index contributed by atoms with van der Waals surface area (Å²) in [4.78, 5) is 13.7. The molecule has 2 heterocycles. The third kappa shape index (κ3) is 3.67. The van der Waals surface area contributed by atoms with E-state index in [1.165, 1.54) is 20.2 Å². The number of thiazole rings is 1. The molecule has 0 aliphatic carbocycles. The van der Waals surface area contributed by atoms with Gasteiger partial charge < -0.3 is 4.74 Å². The summed E-state index contributed by atoms with van der Waals surface area (Å²) in [5, 5.41) is 2.79. The first-order chi connectivity index (χ1) is 11.1. The van der Waals surface area contributed by atoms with Crippen molar-refractivity contribution in [3.8, 4) is 0 Å². The van der Waals surface area contributed by atoms with Crippen molar-refractivity contribution in [2.45, 2.75) is 18.1 Å². The van der Waals surface area contributed by atoms with Gasteiger partial charge in [0.2, 0.25) is 0 Å². The Bertz CT molecular complexity index is 857. The van der Waals surface area contributed by atoms with Gasteiger partial charge in [-0.05, 0) is 13.0 Å². The molecule has 0 bridgehead atoms. The summed E-state index contributed by atoms with van der Waals surface area (Å²) < 4.78 is 70.7. The monoisotopic (exact) mass is 384 g/mol. The normalized spacial score (nSPS) is 12.2. The molecule has 0 atom stereocenters. The third-order valence-corrected chi connectivity index (χ3v) is 5.18. The first-order valence-corrected chi connectivity index (χ1v) is 8.62. The molecule has 0 unspecified atom stereocenters. The molecule has 1 N–H and O–H groups in total. The second kappa shape index (κ2) is 6.39. The number of hydrogen-bond acceptors (Lipinski definition) is 7. The van der Waals surface area contributed by atoms with Crippen molar-refractivity contribution in [3.63, 3.8) is 0 Å². The van der Waals surface area contributed by atoms with Crippen molar-refractivity contribution < 1.29 is 31.1 Å². The maximum atomic E-state index is 13.0. The van der Waals surface area contributed by atoms with Gasteiger partial charge in [-0.3, -0.25) is 9.40 Å². The van der Waals surface area contributed by atoms with Gasteiger partial charge in [0, 0.05) is 7.05 Å². The van der Waals surface area contributed by atoms with Gasteiger partial charge in [-0.25, -0.2) is 9.78 Å². The highest BCUT2D eigenvalue weighted by Gasteiger charge is 2.40. The Morgan fingerprint density at radius 3 is 2.62 bits per heavy atom. The summed E-state index contributed by atoms with van der Waals surface area (Å²) >= 11 is -0.00626. The molecule has 2 aromatic heterocycles. The lowest BCUT2D eigenvalue weighted by atomic mass is 10.3. The number of carbonyl (C=O) groups excluding carboxylic acids is 1. The number of aryl methyl sites for hydroxylation is 1. The van der Waals surface area contributed by atoms with Crippen molar-refractivity contribution >= 4 is 32.5 Å².